The molecule has 12 heavy (non-hydrogen) atoms. The Balaban J connectivity index is 3.37. The van der Waals surface area contributed by atoms with Crippen LogP contribution in [0, 0.1) is 0 Å². The van der Waals surface area contributed by atoms with Crippen molar-refractivity contribution in [1.29, 1.82) is 0 Å². The van der Waals surface area contributed by atoms with E-state index in [1.165, 1.54) is 0 Å². The Hall–Kier alpha value is -0.390. The van der Waals surface area contributed by atoms with Crippen molar-refractivity contribution in [2.24, 2.45) is 0 Å². The van der Waals surface area contributed by atoms with Crippen LogP contribution in [0.4, 0.5) is 0 Å². The van der Waals surface area contributed by atoms with Crippen molar-refractivity contribution < 1.29 is 9.90 Å². The van der Waals surface area contributed by atoms with Crippen LogP contribution >= 0.6 is 39.1 Å². The van der Waals surface area contributed by atoms with Crippen molar-refractivity contribution in [2.45, 2.75) is 0 Å². The smallest absolute Gasteiger partial charge is 0.355 e. The van der Waals surface area contributed by atoms with Gasteiger partial charge in [0.1, 0.15) is 5.15 Å². The molecule has 0 saturated carbocycles. The first-order valence-corrected chi connectivity index (χ1v) is 4.19. The standard InChI is InChI=1S/C5HBrCl2N2O2/c6-1-2(4(11)12)9-5(8)10-3(1)7/h(H,11,12). The highest BCUT2D eigenvalue weighted by Crippen LogP contribution is 2.24. The van der Waals surface area contributed by atoms with E-state index in [-0.39, 0.29) is 20.6 Å². The summed E-state index contributed by atoms with van der Waals surface area (Å²) in [6.45, 7) is 0. The van der Waals surface area contributed by atoms with E-state index < -0.39 is 5.97 Å². The number of hydrogen-bond acceptors (Lipinski definition) is 3. The van der Waals surface area contributed by atoms with Gasteiger partial charge in [0.25, 0.3) is 0 Å². The molecule has 7 heteroatoms. The van der Waals surface area contributed by atoms with E-state index in [0.717, 1.165) is 0 Å². The van der Waals surface area contributed by atoms with E-state index in [2.05, 4.69) is 25.9 Å². The van der Waals surface area contributed by atoms with Gasteiger partial charge in [-0.05, 0) is 27.5 Å². The minimum absolute atomic E-state index is 0.0209. The number of aromatic carboxylic acids is 1. The first-order chi connectivity index (χ1) is 5.52. The largest absolute Gasteiger partial charge is 0.476 e. The van der Waals surface area contributed by atoms with Crippen molar-refractivity contribution in [2.75, 3.05) is 0 Å². The van der Waals surface area contributed by atoms with E-state index in [1.807, 2.05) is 0 Å². The molecule has 4 nitrogen and oxygen atoms in total. The molecule has 0 spiro atoms. The summed E-state index contributed by atoms with van der Waals surface area (Å²) in [7, 11) is 0. The molecule has 0 aliphatic carbocycles. The lowest BCUT2D eigenvalue weighted by Crippen LogP contribution is -2.03. The lowest BCUT2D eigenvalue weighted by molar-refractivity contribution is 0.0689. The maximum absolute atomic E-state index is 10.5. The summed E-state index contributed by atoms with van der Waals surface area (Å²) < 4.78 is 0.126. The molecule has 1 rings (SSSR count). The lowest BCUT2D eigenvalue weighted by atomic mass is 10.4. The topological polar surface area (TPSA) is 63.1 Å². The minimum atomic E-state index is -1.21. The van der Waals surface area contributed by atoms with Gasteiger partial charge in [-0.2, -0.15) is 0 Å². The summed E-state index contributed by atoms with van der Waals surface area (Å²) in [5.74, 6) is -1.21. The Labute approximate surface area is 85.7 Å². The Kier molecular flexibility index (Phi) is 2.87. The number of aromatic nitrogens is 2. The highest BCUT2D eigenvalue weighted by atomic mass is 79.9. The quantitative estimate of drug-likeness (QED) is 0.629. The third-order valence-corrected chi connectivity index (χ3v) is 2.41. The monoisotopic (exact) mass is 270 g/mol. The van der Waals surface area contributed by atoms with Gasteiger partial charge in [-0.25, -0.2) is 14.8 Å². The summed E-state index contributed by atoms with van der Waals surface area (Å²) >= 11 is 13.8. The van der Waals surface area contributed by atoms with Crippen molar-refractivity contribution in [3.05, 3.63) is 20.6 Å². The van der Waals surface area contributed by atoms with Gasteiger partial charge >= 0.3 is 5.97 Å². The first-order valence-electron chi connectivity index (χ1n) is 2.64. The van der Waals surface area contributed by atoms with Gasteiger partial charge in [0.15, 0.2) is 5.69 Å². The maximum Gasteiger partial charge on any atom is 0.355 e. The van der Waals surface area contributed by atoms with Gasteiger partial charge in [-0.1, -0.05) is 11.6 Å². The van der Waals surface area contributed by atoms with Crippen LogP contribution in [-0.4, -0.2) is 21.0 Å². The second-order valence-electron chi connectivity index (χ2n) is 1.75. The summed E-state index contributed by atoms with van der Waals surface area (Å²) in [5, 5.41) is 8.36. The molecule has 1 aromatic rings. The van der Waals surface area contributed by atoms with Crippen LogP contribution in [0.25, 0.3) is 0 Å². The normalized spacial score (nSPS) is 9.92. The molecule has 0 aromatic carbocycles. The predicted octanol–water partition coefficient (Wildman–Crippen LogP) is 2.24. The van der Waals surface area contributed by atoms with E-state index in [4.69, 9.17) is 28.3 Å². The van der Waals surface area contributed by atoms with Crippen LogP contribution in [0.15, 0.2) is 4.47 Å². The Bertz CT molecular complexity index is 344. The van der Waals surface area contributed by atoms with Crippen LogP contribution in [0.5, 0.6) is 0 Å². The summed E-state index contributed by atoms with van der Waals surface area (Å²) in [4.78, 5) is 17.5. The average molecular weight is 272 g/mol. The molecule has 1 aromatic heterocycles. The fourth-order valence-electron chi connectivity index (χ4n) is 0.536. The van der Waals surface area contributed by atoms with Gasteiger partial charge < -0.3 is 5.11 Å². The lowest BCUT2D eigenvalue weighted by Gasteiger charge is -1.99. The third-order valence-electron chi connectivity index (χ3n) is 0.986. The van der Waals surface area contributed by atoms with E-state index in [0.29, 0.717) is 0 Å². The molecule has 0 bridgehead atoms. The number of hydrogen-bond donors (Lipinski definition) is 1. The zero-order valence-electron chi connectivity index (χ0n) is 5.38. The third kappa shape index (κ3) is 1.85. The second kappa shape index (κ2) is 3.55. The number of nitrogens with zero attached hydrogens (tertiary/aromatic N) is 2. The summed E-state index contributed by atoms with van der Waals surface area (Å²) in [6, 6.07) is 0. The fraction of sp³-hybridized carbons (Fsp3) is 0. The molecule has 0 unspecified atom stereocenters. The van der Waals surface area contributed by atoms with Gasteiger partial charge in [0.2, 0.25) is 5.28 Å². The molecular formula is C5HBrCl2N2O2. The van der Waals surface area contributed by atoms with Crippen molar-refractivity contribution in [3.8, 4) is 0 Å². The molecule has 64 valence electrons. The van der Waals surface area contributed by atoms with E-state index in [1.54, 1.807) is 0 Å². The Morgan fingerprint density at radius 3 is 2.50 bits per heavy atom. The first kappa shape index (κ1) is 9.70. The number of rotatable bonds is 1. The Morgan fingerprint density at radius 1 is 1.42 bits per heavy atom. The number of halogens is 3. The SMILES string of the molecule is O=C(O)c1nc(Cl)nc(Cl)c1Br. The molecule has 0 fully saturated rings. The highest BCUT2D eigenvalue weighted by molar-refractivity contribution is 9.10. The zero-order valence-corrected chi connectivity index (χ0v) is 8.48. The number of carboxylic acids is 1. The molecule has 0 aliphatic rings. The molecule has 0 aliphatic heterocycles. The van der Waals surface area contributed by atoms with E-state index >= 15 is 0 Å². The molecule has 0 atom stereocenters. The van der Waals surface area contributed by atoms with Gasteiger partial charge in [0, 0.05) is 0 Å². The summed E-state index contributed by atoms with van der Waals surface area (Å²) in [6.07, 6.45) is 0. The van der Waals surface area contributed by atoms with Gasteiger partial charge in [-0.3, -0.25) is 0 Å². The van der Waals surface area contributed by atoms with Crippen molar-refractivity contribution in [3.63, 3.8) is 0 Å². The second-order valence-corrected chi connectivity index (χ2v) is 3.24. The average Bonchev–Trinajstić information content (AvgIpc) is 1.96. The molecular weight excluding hydrogens is 271 g/mol. The van der Waals surface area contributed by atoms with E-state index in [9.17, 15) is 4.79 Å². The van der Waals surface area contributed by atoms with Crippen LogP contribution in [0.1, 0.15) is 10.5 Å². The van der Waals surface area contributed by atoms with Crippen LogP contribution < -0.4 is 0 Å². The predicted molar refractivity (Wildman–Crippen MR) is 46.7 cm³/mol. The molecule has 0 radical (unpaired) electrons. The van der Waals surface area contributed by atoms with Crippen LogP contribution in [0.3, 0.4) is 0 Å². The minimum Gasteiger partial charge on any atom is -0.476 e. The van der Waals surface area contributed by atoms with Crippen LogP contribution in [-0.2, 0) is 0 Å². The molecule has 1 N–H and O–H groups in total. The molecule has 0 saturated heterocycles. The molecule has 0 amide bonds. The fourth-order valence-corrected chi connectivity index (χ4v) is 1.26. The van der Waals surface area contributed by atoms with Gasteiger partial charge in [-0.15, -0.1) is 0 Å². The highest BCUT2D eigenvalue weighted by Gasteiger charge is 2.15. The van der Waals surface area contributed by atoms with Crippen LogP contribution in [0.2, 0.25) is 10.4 Å². The zero-order chi connectivity index (χ0) is 9.30. The van der Waals surface area contributed by atoms with Crippen molar-refractivity contribution in [1.82, 2.24) is 9.97 Å². The summed E-state index contributed by atoms with van der Waals surface area (Å²) in [5.41, 5.74) is -0.250. The number of carbonyl (C=O) groups is 1. The Morgan fingerprint density at radius 2 is 2.00 bits per heavy atom. The number of carboxylic acid groups (broad SMARTS) is 1. The van der Waals surface area contributed by atoms with Crippen molar-refractivity contribution >= 4 is 45.1 Å². The maximum atomic E-state index is 10.5. The molecule has 1 heterocycles. The van der Waals surface area contributed by atoms with Gasteiger partial charge in [0.05, 0.1) is 4.47 Å².